The summed E-state index contributed by atoms with van der Waals surface area (Å²) < 4.78 is 5.64. The lowest BCUT2D eigenvalue weighted by Gasteiger charge is -2.28. The third kappa shape index (κ3) is 2.89. The van der Waals surface area contributed by atoms with Gasteiger partial charge >= 0.3 is 5.97 Å². The molecule has 0 bridgehead atoms. The Labute approximate surface area is 132 Å². The Balaban J connectivity index is 1.53. The van der Waals surface area contributed by atoms with Crippen LogP contribution >= 0.6 is 0 Å². The molecule has 0 spiro atoms. The summed E-state index contributed by atoms with van der Waals surface area (Å²) in [7, 11) is 0. The predicted octanol–water partition coefficient (Wildman–Crippen LogP) is 2.95. The fraction of sp³-hybridized carbons (Fsp3) is 0.667. The molecule has 2 aliphatic heterocycles. The lowest BCUT2D eigenvalue weighted by molar-refractivity contribution is -0.149. The van der Waals surface area contributed by atoms with E-state index in [4.69, 9.17) is 4.74 Å². The maximum Gasteiger partial charge on any atom is 0.312 e. The van der Waals surface area contributed by atoms with Gasteiger partial charge in [-0.3, -0.25) is 14.7 Å². The quantitative estimate of drug-likeness (QED) is 0.784. The van der Waals surface area contributed by atoms with Crippen LogP contribution in [0.2, 0.25) is 0 Å². The molecule has 1 atom stereocenters. The van der Waals surface area contributed by atoms with E-state index in [0.717, 1.165) is 51.7 Å². The van der Waals surface area contributed by atoms with Crippen LogP contribution in [0.5, 0.6) is 0 Å². The number of ether oxygens (including phenoxy) is 1. The van der Waals surface area contributed by atoms with Crippen LogP contribution in [0.1, 0.15) is 50.8 Å². The smallest absolute Gasteiger partial charge is 0.312 e. The Hall–Kier alpha value is -1.42. The standard InChI is InChI=1S/C18H26N2O2/c1-3-18(4-2)12-15(22-17(18)21)8-11-20-10-7-14-6-5-9-19-16(14)13-20/h5-6,9,15H,3-4,7-8,10-13H2,1-2H3. The summed E-state index contributed by atoms with van der Waals surface area (Å²) in [5.74, 6) is 0.0214. The zero-order valence-corrected chi connectivity index (χ0v) is 13.7. The number of nitrogens with zero attached hydrogens (tertiary/aromatic N) is 2. The van der Waals surface area contributed by atoms with Crippen LogP contribution < -0.4 is 0 Å². The van der Waals surface area contributed by atoms with E-state index in [-0.39, 0.29) is 17.5 Å². The summed E-state index contributed by atoms with van der Waals surface area (Å²) in [5.41, 5.74) is 2.36. The molecule has 1 saturated heterocycles. The van der Waals surface area contributed by atoms with E-state index in [1.54, 1.807) is 0 Å². The first-order chi connectivity index (χ1) is 10.7. The van der Waals surface area contributed by atoms with E-state index in [1.807, 2.05) is 12.3 Å². The van der Waals surface area contributed by atoms with Crippen molar-refractivity contribution in [1.29, 1.82) is 0 Å². The zero-order valence-electron chi connectivity index (χ0n) is 13.7. The van der Waals surface area contributed by atoms with Crippen LogP contribution in [0.25, 0.3) is 0 Å². The average molecular weight is 302 g/mol. The molecular weight excluding hydrogens is 276 g/mol. The first-order valence-corrected chi connectivity index (χ1v) is 8.53. The Bertz CT molecular complexity index is 540. The zero-order chi connectivity index (χ0) is 15.6. The number of pyridine rings is 1. The second-order valence-electron chi connectivity index (χ2n) is 6.64. The Morgan fingerprint density at radius 1 is 1.41 bits per heavy atom. The monoisotopic (exact) mass is 302 g/mol. The van der Waals surface area contributed by atoms with Crippen molar-refractivity contribution in [2.45, 2.75) is 58.6 Å². The van der Waals surface area contributed by atoms with Crippen molar-refractivity contribution in [3.63, 3.8) is 0 Å². The highest BCUT2D eigenvalue weighted by molar-refractivity contribution is 5.78. The number of hydrogen-bond donors (Lipinski definition) is 0. The molecule has 120 valence electrons. The summed E-state index contributed by atoms with van der Waals surface area (Å²) in [6.07, 6.45) is 6.65. The summed E-state index contributed by atoms with van der Waals surface area (Å²) in [6, 6.07) is 4.19. The van der Waals surface area contributed by atoms with Crippen molar-refractivity contribution in [2.24, 2.45) is 5.41 Å². The second kappa shape index (κ2) is 6.37. The Morgan fingerprint density at radius 3 is 2.95 bits per heavy atom. The van der Waals surface area contributed by atoms with Gasteiger partial charge < -0.3 is 4.74 Å². The van der Waals surface area contributed by atoms with Crippen molar-refractivity contribution in [1.82, 2.24) is 9.88 Å². The summed E-state index contributed by atoms with van der Waals surface area (Å²) >= 11 is 0. The predicted molar refractivity (Wildman–Crippen MR) is 85.3 cm³/mol. The minimum Gasteiger partial charge on any atom is -0.462 e. The fourth-order valence-electron chi connectivity index (χ4n) is 3.75. The van der Waals surface area contributed by atoms with Crippen LogP contribution in [0, 0.1) is 5.41 Å². The second-order valence-corrected chi connectivity index (χ2v) is 6.64. The SMILES string of the molecule is CCC1(CC)CC(CCN2CCc3cccnc3C2)OC1=O. The molecule has 3 heterocycles. The Kier molecular flexibility index (Phi) is 4.48. The molecule has 1 aromatic rings. The van der Waals surface area contributed by atoms with Crippen LogP contribution in [0.4, 0.5) is 0 Å². The third-order valence-corrected chi connectivity index (χ3v) is 5.50. The average Bonchev–Trinajstić information content (AvgIpc) is 2.89. The number of rotatable bonds is 5. The van der Waals surface area contributed by atoms with E-state index in [9.17, 15) is 4.79 Å². The molecule has 4 heteroatoms. The number of carbonyl (C=O) groups is 1. The topological polar surface area (TPSA) is 42.4 Å². The summed E-state index contributed by atoms with van der Waals surface area (Å²) in [6.45, 7) is 7.17. The first kappa shape index (κ1) is 15.5. The number of esters is 1. The van der Waals surface area contributed by atoms with Crippen molar-refractivity contribution >= 4 is 5.97 Å². The number of cyclic esters (lactones) is 1. The van der Waals surface area contributed by atoms with Gasteiger partial charge in [-0.1, -0.05) is 19.9 Å². The molecule has 4 nitrogen and oxygen atoms in total. The molecular formula is C18H26N2O2. The lowest BCUT2D eigenvalue weighted by Crippen LogP contribution is -2.33. The largest absolute Gasteiger partial charge is 0.462 e. The van der Waals surface area contributed by atoms with Crippen molar-refractivity contribution in [2.75, 3.05) is 13.1 Å². The number of carbonyl (C=O) groups excluding carboxylic acids is 1. The molecule has 0 aliphatic carbocycles. The number of hydrogen-bond acceptors (Lipinski definition) is 4. The minimum absolute atomic E-state index is 0.0214. The van der Waals surface area contributed by atoms with E-state index in [2.05, 4.69) is 29.8 Å². The molecule has 0 radical (unpaired) electrons. The van der Waals surface area contributed by atoms with Crippen molar-refractivity contribution in [3.8, 4) is 0 Å². The number of aromatic nitrogens is 1. The van der Waals surface area contributed by atoms with Gasteiger partial charge in [-0.25, -0.2) is 0 Å². The van der Waals surface area contributed by atoms with Crippen molar-refractivity contribution in [3.05, 3.63) is 29.6 Å². The van der Waals surface area contributed by atoms with Gasteiger partial charge in [0, 0.05) is 32.3 Å². The molecule has 0 saturated carbocycles. The molecule has 2 aliphatic rings. The van der Waals surface area contributed by atoms with Crippen LogP contribution in [0.3, 0.4) is 0 Å². The highest BCUT2D eigenvalue weighted by atomic mass is 16.6. The van der Waals surface area contributed by atoms with Gasteiger partial charge in [0.1, 0.15) is 6.10 Å². The highest BCUT2D eigenvalue weighted by Gasteiger charge is 2.46. The summed E-state index contributed by atoms with van der Waals surface area (Å²) in [5, 5.41) is 0. The molecule has 3 rings (SSSR count). The van der Waals surface area contributed by atoms with Crippen molar-refractivity contribution < 1.29 is 9.53 Å². The maximum absolute atomic E-state index is 12.1. The molecule has 1 aromatic heterocycles. The van der Waals surface area contributed by atoms with E-state index < -0.39 is 0 Å². The molecule has 0 amide bonds. The minimum atomic E-state index is -0.222. The van der Waals surface area contributed by atoms with Crippen LogP contribution in [-0.4, -0.2) is 35.0 Å². The van der Waals surface area contributed by atoms with Gasteiger partial charge in [-0.05, 0) is 37.3 Å². The first-order valence-electron chi connectivity index (χ1n) is 8.53. The molecule has 0 N–H and O–H groups in total. The van der Waals surface area contributed by atoms with Gasteiger partial charge in [0.15, 0.2) is 0 Å². The molecule has 22 heavy (non-hydrogen) atoms. The van der Waals surface area contributed by atoms with Gasteiger partial charge in [0.25, 0.3) is 0 Å². The normalized spacial score (nSPS) is 24.1. The van der Waals surface area contributed by atoms with E-state index >= 15 is 0 Å². The highest BCUT2D eigenvalue weighted by Crippen LogP contribution is 2.41. The van der Waals surface area contributed by atoms with Gasteiger partial charge in [-0.15, -0.1) is 0 Å². The Morgan fingerprint density at radius 2 is 2.23 bits per heavy atom. The molecule has 1 fully saturated rings. The van der Waals surface area contributed by atoms with E-state index in [1.165, 1.54) is 11.3 Å². The van der Waals surface area contributed by atoms with Gasteiger partial charge in [0.2, 0.25) is 0 Å². The van der Waals surface area contributed by atoms with Crippen LogP contribution in [-0.2, 0) is 22.5 Å². The van der Waals surface area contributed by atoms with Gasteiger partial charge in [0.05, 0.1) is 11.1 Å². The molecule has 1 unspecified atom stereocenters. The molecule has 0 aromatic carbocycles. The third-order valence-electron chi connectivity index (χ3n) is 5.50. The van der Waals surface area contributed by atoms with E-state index in [0.29, 0.717) is 0 Å². The maximum atomic E-state index is 12.1. The lowest BCUT2D eigenvalue weighted by atomic mass is 9.79. The summed E-state index contributed by atoms with van der Waals surface area (Å²) in [4.78, 5) is 19.1. The fourth-order valence-corrected chi connectivity index (χ4v) is 3.75. The van der Waals surface area contributed by atoms with Crippen LogP contribution in [0.15, 0.2) is 18.3 Å². The number of fused-ring (bicyclic) bond motifs is 1. The van der Waals surface area contributed by atoms with Gasteiger partial charge in [-0.2, -0.15) is 0 Å².